The van der Waals surface area contributed by atoms with Crippen LogP contribution in [0.3, 0.4) is 0 Å². The van der Waals surface area contributed by atoms with Crippen molar-refractivity contribution in [3.63, 3.8) is 0 Å². The van der Waals surface area contributed by atoms with Crippen LogP contribution in [-0.2, 0) is 28.6 Å². The molecule has 1 saturated carbocycles. The van der Waals surface area contributed by atoms with Gasteiger partial charge in [0.15, 0.2) is 5.41 Å². The fourth-order valence-electron chi connectivity index (χ4n) is 2.85. The SMILES string of the molecule is COC(=O)[C@H]1C[C@H](Sc2ccccc2)C1(C(=O)OC)C(=O)OC. The highest BCUT2D eigenvalue weighted by atomic mass is 32.2. The molecule has 1 aliphatic carbocycles. The lowest BCUT2D eigenvalue weighted by atomic mass is 9.59. The van der Waals surface area contributed by atoms with Gasteiger partial charge in [0.25, 0.3) is 0 Å². The second-order valence-corrected chi connectivity index (χ2v) is 6.36. The van der Waals surface area contributed by atoms with Gasteiger partial charge < -0.3 is 14.2 Å². The third-order valence-electron chi connectivity index (χ3n) is 4.06. The summed E-state index contributed by atoms with van der Waals surface area (Å²) in [6, 6.07) is 9.33. The van der Waals surface area contributed by atoms with E-state index >= 15 is 0 Å². The minimum Gasteiger partial charge on any atom is -0.469 e. The van der Waals surface area contributed by atoms with E-state index in [9.17, 15) is 14.4 Å². The van der Waals surface area contributed by atoms with Crippen molar-refractivity contribution < 1.29 is 28.6 Å². The van der Waals surface area contributed by atoms with E-state index in [2.05, 4.69) is 0 Å². The van der Waals surface area contributed by atoms with Gasteiger partial charge in [-0.25, -0.2) is 0 Å². The molecular weight excluding hydrogens is 320 g/mol. The third kappa shape index (κ3) is 2.81. The summed E-state index contributed by atoms with van der Waals surface area (Å²) < 4.78 is 14.4. The van der Waals surface area contributed by atoms with Crippen LogP contribution in [0.15, 0.2) is 35.2 Å². The molecule has 1 fully saturated rings. The maximum atomic E-state index is 12.4. The van der Waals surface area contributed by atoms with Crippen LogP contribution >= 0.6 is 11.8 Å². The Morgan fingerprint density at radius 1 is 1.00 bits per heavy atom. The lowest BCUT2D eigenvalue weighted by Gasteiger charge is -2.48. The van der Waals surface area contributed by atoms with Gasteiger partial charge >= 0.3 is 17.9 Å². The van der Waals surface area contributed by atoms with Crippen LogP contribution in [0.2, 0.25) is 0 Å². The molecule has 23 heavy (non-hydrogen) atoms. The number of carbonyl (C=O) groups excluding carboxylic acids is 3. The van der Waals surface area contributed by atoms with E-state index in [1.165, 1.54) is 33.1 Å². The summed E-state index contributed by atoms with van der Waals surface area (Å²) in [7, 11) is 3.59. The summed E-state index contributed by atoms with van der Waals surface area (Å²) >= 11 is 1.35. The second kappa shape index (κ2) is 7.04. The molecule has 0 aliphatic heterocycles. The van der Waals surface area contributed by atoms with Gasteiger partial charge in [-0.1, -0.05) is 18.2 Å². The normalized spacial score (nSPS) is 21.7. The zero-order valence-electron chi connectivity index (χ0n) is 13.1. The van der Waals surface area contributed by atoms with Gasteiger partial charge in [-0.15, -0.1) is 11.8 Å². The highest BCUT2D eigenvalue weighted by Crippen LogP contribution is 2.56. The molecule has 2 rings (SSSR count). The Labute approximate surface area is 138 Å². The predicted molar refractivity (Wildman–Crippen MR) is 82.7 cm³/mol. The molecule has 6 nitrogen and oxygen atoms in total. The Bertz CT molecular complexity index is 584. The van der Waals surface area contributed by atoms with E-state index in [-0.39, 0.29) is 0 Å². The number of hydrogen-bond acceptors (Lipinski definition) is 7. The molecule has 0 aromatic heterocycles. The molecule has 2 atom stereocenters. The number of esters is 3. The van der Waals surface area contributed by atoms with Crippen molar-refractivity contribution in [1.29, 1.82) is 0 Å². The van der Waals surface area contributed by atoms with E-state index in [1.54, 1.807) is 0 Å². The molecule has 0 unspecified atom stereocenters. The minimum atomic E-state index is -1.68. The standard InChI is InChI=1S/C16H18O6S/c1-20-13(17)11-9-12(23-10-7-5-4-6-8-10)16(11,14(18)21-2)15(19)22-3/h4-8,11-12H,9H2,1-3H3/t11-,12+/m1/s1. The van der Waals surface area contributed by atoms with Gasteiger partial charge in [0, 0.05) is 10.1 Å². The molecule has 1 aliphatic rings. The van der Waals surface area contributed by atoms with Crippen molar-refractivity contribution in [3.05, 3.63) is 30.3 Å². The fourth-order valence-corrected chi connectivity index (χ4v) is 4.32. The van der Waals surface area contributed by atoms with E-state index < -0.39 is 34.5 Å². The predicted octanol–water partition coefficient (Wildman–Crippen LogP) is 1.67. The van der Waals surface area contributed by atoms with Crippen LogP contribution in [0.25, 0.3) is 0 Å². The monoisotopic (exact) mass is 338 g/mol. The molecule has 0 radical (unpaired) electrons. The maximum Gasteiger partial charge on any atom is 0.325 e. The number of benzene rings is 1. The molecule has 0 bridgehead atoms. The first-order valence-electron chi connectivity index (χ1n) is 6.98. The molecule has 124 valence electrons. The highest BCUT2D eigenvalue weighted by Gasteiger charge is 2.70. The first-order valence-corrected chi connectivity index (χ1v) is 7.86. The van der Waals surface area contributed by atoms with Crippen LogP contribution in [-0.4, -0.2) is 44.5 Å². The largest absolute Gasteiger partial charge is 0.469 e. The zero-order chi connectivity index (χ0) is 17.0. The van der Waals surface area contributed by atoms with Gasteiger partial charge in [0.05, 0.1) is 27.2 Å². The Morgan fingerprint density at radius 2 is 1.57 bits per heavy atom. The van der Waals surface area contributed by atoms with Crippen LogP contribution in [0.4, 0.5) is 0 Å². The van der Waals surface area contributed by atoms with Crippen molar-refractivity contribution in [2.75, 3.05) is 21.3 Å². The molecule has 1 aromatic carbocycles. The molecule has 0 heterocycles. The summed E-state index contributed by atoms with van der Waals surface area (Å²) in [6.45, 7) is 0. The van der Waals surface area contributed by atoms with Crippen molar-refractivity contribution in [3.8, 4) is 0 Å². The summed E-state index contributed by atoms with van der Waals surface area (Å²) in [5, 5.41) is -0.464. The van der Waals surface area contributed by atoms with Crippen molar-refractivity contribution >= 4 is 29.7 Å². The van der Waals surface area contributed by atoms with Crippen molar-refractivity contribution in [1.82, 2.24) is 0 Å². The maximum absolute atomic E-state index is 12.4. The summed E-state index contributed by atoms with van der Waals surface area (Å²) in [6.07, 6.45) is 0.330. The molecule has 0 saturated heterocycles. The smallest absolute Gasteiger partial charge is 0.325 e. The van der Waals surface area contributed by atoms with E-state index in [0.717, 1.165) is 4.90 Å². The highest BCUT2D eigenvalue weighted by molar-refractivity contribution is 8.00. The zero-order valence-corrected chi connectivity index (χ0v) is 13.9. The van der Waals surface area contributed by atoms with Crippen LogP contribution in [0.5, 0.6) is 0 Å². The van der Waals surface area contributed by atoms with Crippen LogP contribution in [0.1, 0.15) is 6.42 Å². The van der Waals surface area contributed by atoms with Crippen molar-refractivity contribution in [2.24, 2.45) is 11.3 Å². The van der Waals surface area contributed by atoms with E-state index in [1.807, 2.05) is 30.3 Å². The quantitative estimate of drug-likeness (QED) is 0.459. The van der Waals surface area contributed by atoms with Gasteiger partial charge in [0.2, 0.25) is 0 Å². The minimum absolute atomic E-state index is 0.330. The molecule has 0 amide bonds. The second-order valence-electron chi connectivity index (χ2n) is 5.08. The molecule has 0 N–H and O–H groups in total. The topological polar surface area (TPSA) is 78.9 Å². The Kier molecular flexibility index (Phi) is 5.30. The van der Waals surface area contributed by atoms with Gasteiger partial charge in [0.1, 0.15) is 0 Å². The van der Waals surface area contributed by atoms with Crippen LogP contribution in [0, 0.1) is 11.3 Å². The van der Waals surface area contributed by atoms with Gasteiger partial charge in [-0.3, -0.25) is 14.4 Å². The summed E-state index contributed by atoms with van der Waals surface area (Å²) in [4.78, 5) is 37.7. The number of rotatable bonds is 5. The molecule has 0 spiro atoms. The van der Waals surface area contributed by atoms with E-state index in [4.69, 9.17) is 14.2 Å². The molecule has 1 aromatic rings. The number of ether oxygens (including phenoxy) is 3. The van der Waals surface area contributed by atoms with Gasteiger partial charge in [-0.2, -0.15) is 0 Å². The third-order valence-corrected chi connectivity index (χ3v) is 5.45. The van der Waals surface area contributed by atoms with Crippen molar-refractivity contribution in [2.45, 2.75) is 16.6 Å². The average Bonchev–Trinajstić information content (AvgIpc) is 2.58. The average molecular weight is 338 g/mol. The first-order chi connectivity index (χ1) is 11.0. The Morgan fingerprint density at radius 3 is 2.04 bits per heavy atom. The fraction of sp³-hybridized carbons (Fsp3) is 0.438. The van der Waals surface area contributed by atoms with Gasteiger partial charge in [-0.05, 0) is 18.6 Å². The van der Waals surface area contributed by atoms with E-state index in [0.29, 0.717) is 6.42 Å². The Balaban J connectivity index is 2.40. The lowest BCUT2D eigenvalue weighted by Crippen LogP contribution is -2.64. The number of methoxy groups -OCH3 is 3. The number of thioether (sulfide) groups is 1. The first kappa shape index (κ1) is 17.3. The number of hydrogen-bond donors (Lipinski definition) is 0. The Hall–Kier alpha value is -2.02. The summed E-state index contributed by atoms with van der Waals surface area (Å²) in [5.41, 5.74) is -1.68. The summed E-state index contributed by atoms with van der Waals surface area (Å²) in [5.74, 6) is -3.09. The molecule has 7 heteroatoms. The lowest BCUT2D eigenvalue weighted by molar-refractivity contribution is -0.190. The van der Waals surface area contributed by atoms with Crippen LogP contribution < -0.4 is 0 Å². The molecular formula is C16H18O6S. The number of carbonyl (C=O) groups is 3.